The zero-order valence-corrected chi connectivity index (χ0v) is 21.8. The molecule has 6 rings (SSSR count). The van der Waals surface area contributed by atoms with E-state index < -0.39 is 18.9 Å². The molecule has 3 saturated heterocycles. The maximum Gasteiger partial charge on any atom is 0.319 e. The van der Waals surface area contributed by atoms with E-state index in [1.807, 2.05) is 9.80 Å². The second-order valence-corrected chi connectivity index (χ2v) is 10.8. The van der Waals surface area contributed by atoms with Gasteiger partial charge in [-0.25, -0.2) is 8.78 Å². The number of piperidine rings is 2. The zero-order valence-electron chi connectivity index (χ0n) is 21.8. The Labute approximate surface area is 227 Å². The molecule has 3 fully saturated rings. The molecule has 0 radical (unpaired) electrons. The Balaban J connectivity index is 1.03. The quantitative estimate of drug-likeness (QED) is 0.431. The van der Waals surface area contributed by atoms with Crippen LogP contribution in [0.2, 0.25) is 0 Å². The van der Waals surface area contributed by atoms with E-state index in [1.165, 1.54) is 15.7 Å². The van der Waals surface area contributed by atoms with Crippen LogP contribution >= 0.6 is 0 Å². The van der Waals surface area contributed by atoms with Crippen LogP contribution in [0.4, 0.5) is 29.5 Å². The van der Waals surface area contributed by atoms with Crippen LogP contribution in [0.5, 0.6) is 0 Å². The summed E-state index contributed by atoms with van der Waals surface area (Å²) in [7, 11) is 0. The summed E-state index contributed by atoms with van der Waals surface area (Å²) in [6, 6.07) is 3.08. The van der Waals surface area contributed by atoms with Gasteiger partial charge >= 0.3 is 12.3 Å². The molecule has 3 aromatic rings. The molecule has 0 aliphatic carbocycles. The molecular weight excluding hydrogens is 534 g/mol. The molecule has 0 bridgehead atoms. The number of furan rings is 1. The summed E-state index contributed by atoms with van der Waals surface area (Å²) in [6.07, 6.45) is 1.64. The Bertz CT molecular complexity index is 1340. The molecule has 1 atom stereocenters. The largest absolute Gasteiger partial charge is 0.461 e. The predicted molar refractivity (Wildman–Crippen MR) is 136 cm³/mol. The molecule has 0 aromatic carbocycles. The molecule has 2 N–H and O–H groups in total. The lowest BCUT2D eigenvalue weighted by Gasteiger charge is -2.45. The van der Waals surface area contributed by atoms with Crippen molar-refractivity contribution in [3.8, 4) is 11.6 Å². The van der Waals surface area contributed by atoms with Gasteiger partial charge in [0.2, 0.25) is 23.6 Å². The van der Waals surface area contributed by atoms with Gasteiger partial charge in [-0.3, -0.25) is 9.69 Å². The Morgan fingerprint density at radius 3 is 2.33 bits per heavy atom. The number of hydrogen-bond donors (Lipinski definition) is 1. The van der Waals surface area contributed by atoms with Crippen molar-refractivity contribution in [3.63, 3.8) is 0 Å². The smallest absolute Gasteiger partial charge is 0.319 e. The highest BCUT2D eigenvalue weighted by Gasteiger charge is 2.44. The lowest BCUT2D eigenvalue weighted by Crippen LogP contribution is -2.59. The lowest BCUT2D eigenvalue weighted by molar-refractivity contribution is -0.145. The number of fused-ring (bicyclic) bond motifs is 1. The molecule has 40 heavy (non-hydrogen) atoms. The van der Waals surface area contributed by atoms with Crippen molar-refractivity contribution in [3.05, 3.63) is 18.4 Å². The van der Waals surface area contributed by atoms with E-state index in [0.29, 0.717) is 81.4 Å². The van der Waals surface area contributed by atoms with Gasteiger partial charge in [-0.05, 0) is 69.2 Å². The fraction of sp³-hybridized carbons (Fsp3) is 0.640. The Kier molecular flexibility index (Phi) is 7.00. The van der Waals surface area contributed by atoms with Gasteiger partial charge in [-0.1, -0.05) is 0 Å². The van der Waals surface area contributed by atoms with E-state index in [2.05, 4.69) is 20.1 Å². The molecule has 1 amide bonds. The highest BCUT2D eigenvalue weighted by molar-refractivity contribution is 5.86. The van der Waals surface area contributed by atoms with Crippen molar-refractivity contribution >= 4 is 23.6 Å². The van der Waals surface area contributed by atoms with Gasteiger partial charge in [0.25, 0.3) is 5.78 Å². The molecule has 0 saturated carbocycles. The van der Waals surface area contributed by atoms with Crippen molar-refractivity contribution in [1.29, 1.82) is 0 Å². The number of carbonyl (C=O) groups is 1. The van der Waals surface area contributed by atoms with Gasteiger partial charge in [0.05, 0.1) is 12.8 Å². The van der Waals surface area contributed by atoms with Crippen molar-refractivity contribution < 1.29 is 26.8 Å². The number of anilines is 2. The predicted octanol–water partition coefficient (Wildman–Crippen LogP) is 2.79. The molecule has 216 valence electrons. The topological polar surface area (TPSA) is 122 Å². The van der Waals surface area contributed by atoms with Crippen LogP contribution in [0.25, 0.3) is 17.4 Å². The third-order valence-electron chi connectivity index (χ3n) is 8.43. The van der Waals surface area contributed by atoms with Crippen LogP contribution < -0.4 is 10.6 Å². The number of nitrogen functional groups attached to an aromatic ring is 1. The van der Waals surface area contributed by atoms with Gasteiger partial charge in [-0.15, -0.1) is 5.10 Å². The Morgan fingerprint density at radius 1 is 1.02 bits per heavy atom. The Hall–Kier alpha value is -3.49. The van der Waals surface area contributed by atoms with Gasteiger partial charge < -0.3 is 20.0 Å². The summed E-state index contributed by atoms with van der Waals surface area (Å²) in [5.41, 5.74) is 6.13. The number of alkyl halides is 4. The normalized spacial score (nSPS) is 21.9. The fourth-order valence-corrected chi connectivity index (χ4v) is 6.07. The van der Waals surface area contributed by atoms with Crippen LogP contribution in [0.3, 0.4) is 0 Å². The first-order chi connectivity index (χ1) is 19.2. The molecule has 3 aliphatic rings. The minimum Gasteiger partial charge on any atom is -0.461 e. The minimum atomic E-state index is -3.98. The third kappa shape index (κ3) is 5.06. The lowest BCUT2D eigenvalue weighted by atomic mass is 9.78. The number of rotatable bonds is 7. The molecule has 11 nitrogen and oxygen atoms in total. The van der Waals surface area contributed by atoms with Gasteiger partial charge in [0.15, 0.2) is 5.76 Å². The van der Waals surface area contributed by atoms with Crippen LogP contribution in [0.1, 0.15) is 32.1 Å². The standard InChI is InChI=1S/C25H31F4N9O2/c26-21(27)25(28,29)14-35-8-3-15(4-9-35)16-5-10-36(11-6-16)20(39)17-7-12-37(17)23-32-22(30)38-24(33-23)31-19(34-38)18-2-1-13-40-18/h1-2,13,15-17,21H,3-12,14H2,(H2,30,31,32,33,34)/t17-/m0/s1. The number of aromatic nitrogens is 5. The summed E-state index contributed by atoms with van der Waals surface area (Å²) in [5.74, 6) is -1.71. The molecule has 15 heteroatoms. The summed E-state index contributed by atoms with van der Waals surface area (Å²) in [6.45, 7) is 1.75. The highest BCUT2D eigenvalue weighted by Crippen LogP contribution is 2.35. The number of halogens is 4. The second-order valence-electron chi connectivity index (χ2n) is 10.8. The van der Waals surface area contributed by atoms with Crippen molar-refractivity contribution in [2.45, 2.75) is 50.5 Å². The number of nitrogens with zero attached hydrogens (tertiary/aromatic N) is 8. The summed E-state index contributed by atoms with van der Waals surface area (Å²) in [5, 5.41) is 4.30. The van der Waals surface area contributed by atoms with Crippen LogP contribution in [0.15, 0.2) is 22.8 Å². The molecule has 3 aliphatic heterocycles. The number of hydrogen-bond acceptors (Lipinski definition) is 9. The molecule has 0 spiro atoms. The van der Waals surface area contributed by atoms with Gasteiger partial charge in [0.1, 0.15) is 6.04 Å². The van der Waals surface area contributed by atoms with E-state index in [1.54, 1.807) is 12.1 Å². The SMILES string of the molecule is Nc1nc(N2CC[C@H]2C(=O)N2CCC(C3CCN(CC(F)(F)C(F)F)CC3)CC2)nc2nc(-c3ccco3)nn12. The van der Waals surface area contributed by atoms with Crippen molar-refractivity contribution in [2.75, 3.05) is 49.9 Å². The number of amides is 1. The first-order valence-electron chi connectivity index (χ1n) is 13.6. The maximum atomic E-state index is 13.4. The van der Waals surface area contributed by atoms with Crippen molar-refractivity contribution in [1.82, 2.24) is 34.4 Å². The van der Waals surface area contributed by atoms with Crippen LogP contribution in [-0.4, -0.2) is 97.9 Å². The van der Waals surface area contributed by atoms with E-state index >= 15 is 0 Å². The van der Waals surface area contributed by atoms with E-state index in [9.17, 15) is 22.4 Å². The number of likely N-dealkylation sites (tertiary alicyclic amines) is 2. The first-order valence-corrected chi connectivity index (χ1v) is 13.6. The van der Waals surface area contributed by atoms with E-state index in [-0.39, 0.29) is 23.7 Å². The number of carbonyl (C=O) groups excluding carboxylic acids is 1. The van der Waals surface area contributed by atoms with Crippen LogP contribution in [0, 0.1) is 11.8 Å². The maximum absolute atomic E-state index is 13.4. The van der Waals surface area contributed by atoms with E-state index in [4.69, 9.17) is 10.2 Å². The fourth-order valence-electron chi connectivity index (χ4n) is 6.07. The first kappa shape index (κ1) is 26.7. The third-order valence-corrected chi connectivity index (χ3v) is 8.43. The second kappa shape index (κ2) is 10.5. The molecule has 0 unspecified atom stereocenters. The van der Waals surface area contributed by atoms with Crippen molar-refractivity contribution in [2.24, 2.45) is 11.8 Å². The van der Waals surface area contributed by atoms with E-state index in [0.717, 1.165) is 12.8 Å². The molecule has 6 heterocycles. The average Bonchev–Trinajstić information content (AvgIpc) is 3.59. The van der Waals surface area contributed by atoms with Gasteiger partial charge in [0, 0.05) is 19.6 Å². The zero-order chi connectivity index (χ0) is 28.0. The molecular formula is C25H31F4N9O2. The average molecular weight is 566 g/mol. The summed E-state index contributed by atoms with van der Waals surface area (Å²) < 4.78 is 58.6. The van der Waals surface area contributed by atoms with Gasteiger partial charge in [-0.2, -0.15) is 28.2 Å². The summed E-state index contributed by atoms with van der Waals surface area (Å²) >= 11 is 0. The Morgan fingerprint density at radius 2 is 1.73 bits per heavy atom. The highest BCUT2D eigenvalue weighted by atomic mass is 19.3. The summed E-state index contributed by atoms with van der Waals surface area (Å²) in [4.78, 5) is 31.8. The monoisotopic (exact) mass is 565 g/mol. The van der Waals surface area contributed by atoms with Crippen LogP contribution in [-0.2, 0) is 4.79 Å². The number of nitrogens with two attached hydrogens (primary N) is 1. The molecule has 3 aromatic heterocycles. The minimum absolute atomic E-state index is 0.0218.